The fourth-order valence-corrected chi connectivity index (χ4v) is 3.68. The van der Waals surface area contributed by atoms with Crippen molar-refractivity contribution in [3.8, 4) is 5.75 Å². The van der Waals surface area contributed by atoms with Crippen molar-refractivity contribution in [2.24, 2.45) is 5.10 Å². The van der Waals surface area contributed by atoms with Crippen LogP contribution in [0.3, 0.4) is 0 Å². The summed E-state index contributed by atoms with van der Waals surface area (Å²) in [5, 5.41) is 4.70. The molecule has 140 valence electrons. The predicted octanol–water partition coefficient (Wildman–Crippen LogP) is 2.69. The number of hydrazone groups is 1. The zero-order chi connectivity index (χ0) is 19.6. The van der Waals surface area contributed by atoms with E-state index in [1.807, 2.05) is 38.1 Å². The number of aromatic amines is 1. The zero-order valence-electron chi connectivity index (χ0n) is 15.5. The summed E-state index contributed by atoms with van der Waals surface area (Å²) in [6, 6.07) is 7.40. The molecule has 0 atom stereocenters. The van der Waals surface area contributed by atoms with E-state index in [9.17, 15) is 9.59 Å². The van der Waals surface area contributed by atoms with Crippen molar-refractivity contribution < 1.29 is 9.53 Å². The van der Waals surface area contributed by atoms with Crippen LogP contribution in [0.2, 0.25) is 0 Å². The first-order valence-corrected chi connectivity index (χ1v) is 9.17. The Bertz CT molecular complexity index is 1100. The molecule has 0 aliphatic heterocycles. The number of amides is 1. The van der Waals surface area contributed by atoms with Crippen molar-refractivity contribution in [2.45, 2.75) is 27.2 Å². The highest BCUT2D eigenvalue weighted by molar-refractivity contribution is 7.18. The molecule has 0 radical (unpaired) electrons. The minimum absolute atomic E-state index is 0.0595. The zero-order valence-corrected chi connectivity index (χ0v) is 16.4. The van der Waals surface area contributed by atoms with Gasteiger partial charge < -0.3 is 9.72 Å². The molecule has 0 saturated carbocycles. The van der Waals surface area contributed by atoms with Crippen molar-refractivity contribution in [1.29, 1.82) is 0 Å². The number of hydrogen-bond acceptors (Lipinski definition) is 6. The molecule has 0 saturated heterocycles. The smallest absolute Gasteiger partial charge is 0.259 e. The van der Waals surface area contributed by atoms with Crippen LogP contribution in [-0.2, 0) is 11.2 Å². The lowest BCUT2D eigenvalue weighted by molar-refractivity contribution is -0.120. The second-order valence-corrected chi connectivity index (χ2v) is 7.32. The summed E-state index contributed by atoms with van der Waals surface area (Å²) in [5.74, 6) is 0.676. The number of hydrogen-bond donors (Lipinski definition) is 2. The van der Waals surface area contributed by atoms with Gasteiger partial charge in [0.15, 0.2) is 0 Å². The predicted molar refractivity (Wildman–Crippen MR) is 107 cm³/mol. The molecule has 1 aromatic carbocycles. The van der Waals surface area contributed by atoms with Gasteiger partial charge in [-0.3, -0.25) is 9.59 Å². The molecule has 0 aliphatic carbocycles. The van der Waals surface area contributed by atoms with Crippen molar-refractivity contribution in [3.63, 3.8) is 0 Å². The van der Waals surface area contributed by atoms with Gasteiger partial charge in [0.1, 0.15) is 16.4 Å². The molecule has 0 spiro atoms. The molecule has 2 N–H and O–H groups in total. The van der Waals surface area contributed by atoms with E-state index in [2.05, 4.69) is 20.5 Å². The van der Waals surface area contributed by atoms with Gasteiger partial charge in [0.05, 0.1) is 24.6 Å². The van der Waals surface area contributed by atoms with Crippen molar-refractivity contribution in [2.75, 3.05) is 7.11 Å². The standard InChI is InChI=1S/C19H20N4O3S/c1-10-12(3)27-19-17(10)18(25)20-15(21-19)9-16(24)23-22-11(2)13-6-5-7-14(8-13)26-4/h5-8H,9H2,1-4H3,(H,23,24)(H,20,21,25)/b22-11-. The number of methoxy groups -OCH3 is 1. The quantitative estimate of drug-likeness (QED) is 0.522. The van der Waals surface area contributed by atoms with Gasteiger partial charge >= 0.3 is 0 Å². The Morgan fingerprint density at radius 1 is 1.37 bits per heavy atom. The number of aryl methyl sites for hydroxylation is 2. The first-order chi connectivity index (χ1) is 12.9. The summed E-state index contributed by atoms with van der Waals surface area (Å²) in [4.78, 5) is 33.2. The molecule has 7 nitrogen and oxygen atoms in total. The second kappa shape index (κ2) is 7.71. The Morgan fingerprint density at radius 2 is 2.15 bits per heavy atom. The van der Waals surface area contributed by atoms with Gasteiger partial charge in [0.25, 0.3) is 5.56 Å². The van der Waals surface area contributed by atoms with Crippen molar-refractivity contribution in [1.82, 2.24) is 15.4 Å². The maximum absolute atomic E-state index is 12.3. The van der Waals surface area contributed by atoms with E-state index in [4.69, 9.17) is 4.74 Å². The summed E-state index contributed by atoms with van der Waals surface area (Å²) in [5.41, 5.74) is 4.69. The van der Waals surface area contributed by atoms with Crippen LogP contribution in [0, 0.1) is 13.8 Å². The summed E-state index contributed by atoms with van der Waals surface area (Å²) in [6.45, 7) is 5.63. The number of carbonyl (C=O) groups is 1. The van der Waals surface area contributed by atoms with E-state index in [0.717, 1.165) is 16.0 Å². The van der Waals surface area contributed by atoms with Gasteiger partial charge in [0, 0.05) is 10.4 Å². The van der Waals surface area contributed by atoms with Crippen LogP contribution in [0.25, 0.3) is 10.2 Å². The maximum atomic E-state index is 12.3. The largest absolute Gasteiger partial charge is 0.497 e. The molecule has 0 fully saturated rings. The minimum Gasteiger partial charge on any atom is -0.497 e. The molecule has 0 aliphatic rings. The van der Waals surface area contributed by atoms with E-state index in [0.29, 0.717) is 27.5 Å². The molecule has 2 aromatic heterocycles. The molecule has 3 aromatic rings. The minimum atomic E-state index is -0.357. The number of thiophene rings is 1. The third-order valence-electron chi connectivity index (χ3n) is 4.25. The van der Waals surface area contributed by atoms with Gasteiger partial charge in [0.2, 0.25) is 5.91 Å². The summed E-state index contributed by atoms with van der Waals surface area (Å²) >= 11 is 1.45. The van der Waals surface area contributed by atoms with E-state index in [1.54, 1.807) is 14.0 Å². The number of nitrogens with one attached hydrogen (secondary N) is 2. The number of benzene rings is 1. The van der Waals surface area contributed by atoms with E-state index >= 15 is 0 Å². The molecule has 8 heteroatoms. The van der Waals surface area contributed by atoms with Crippen LogP contribution in [0.5, 0.6) is 5.75 Å². The Morgan fingerprint density at radius 3 is 2.89 bits per heavy atom. The summed E-state index contributed by atoms with van der Waals surface area (Å²) in [6.07, 6.45) is -0.0595. The van der Waals surface area contributed by atoms with E-state index in [1.165, 1.54) is 11.3 Å². The first kappa shape index (κ1) is 18.8. The van der Waals surface area contributed by atoms with Crippen LogP contribution in [0.4, 0.5) is 0 Å². The van der Waals surface area contributed by atoms with Crippen LogP contribution >= 0.6 is 11.3 Å². The van der Waals surface area contributed by atoms with Crippen LogP contribution in [0.1, 0.15) is 28.8 Å². The lowest BCUT2D eigenvalue weighted by Gasteiger charge is -2.05. The fourth-order valence-electron chi connectivity index (χ4n) is 2.63. The summed E-state index contributed by atoms with van der Waals surface area (Å²) in [7, 11) is 1.59. The molecule has 2 heterocycles. The average Bonchev–Trinajstić information content (AvgIpc) is 2.94. The normalized spacial score (nSPS) is 11.6. The van der Waals surface area contributed by atoms with Gasteiger partial charge in [-0.05, 0) is 38.5 Å². The molecular weight excluding hydrogens is 364 g/mol. The van der Waals surface area contributed by atoms with Crippen molar-refractivity contribution >= 4 is 33.2 Å². The number of fused-ring (bicyclic) bond motifs is 1. The van der Waals surface area contributed by atoms with E-state index < -0.39 is 0 Å². The molecule has 27 heavy (non-hydrogen) atoms. The molecule has 3 rings (SSSR count). The Kier molecular flexibility index (Phi) is 5.36. The van der Waals surface area contributed by atoms with Gasteiger partial charge in [-0.1, -0.05) is 12.1 Å². The van der Waals surface area contributed by atoms with Crippen LogP contribution in [-0.4, -0.2) is 28.7 Å². The molecule has 0 unspecified atom stereocenters. The maximum Gasteiger partial charge on any atom is 0.259 e. The highest BCUT2D eigenvalue weighted by Gasteiger charge is 2.13. The number of H-pyrrole nitrogens is 1. The van der Waals surface area contributed by atoms with Crippen LogP contribution in [0.15, 0.2) is 34.2 Å². The van der Waals surface area contributed by atoms with E-state index in [-0.39, 0.29) is 17.9 Å². The lowest BCUT2D eigenvalue weighted by atomic mass is 10.1. The fraction of sp³-hybridized carbons (Fsp3) is 0.263. The molecule has 0 bridgehead atoms. The van der Waals surface area contributed by atoms with Gasteiger partial charge in [-0.2, -0.15) is 5.10 Å². The Hall–Kier alpha value is -3.00. The summed E-state index contributed by atoms with van der Waals surface area (Å²) < 4.78 is 5.18. The third kappa shape index (κ3) is 4.06. The van der Waals surface area contributed by atoms with Crippen molar-refractivity contribution in [3.05, 3.63) is 56.4 Å². The number of rotatable bonds is 5. The number of ether oxygens (including phenoxy) is 1. The van der Waals surface area contributed by atoms with Gasteiger partial charge in [-0.15, -0.1) is 11.3 Å². The van der Waals surface area contributed by atoms with Crippen LogP contribution < -0.4 is 15.7 Å². The topological polar surface area (TPSA) is 96.4 Å². The number of carbonyl (C=O) groups excluding carboxylic acids is 1. The third-order valence-corrected chi connectivity index (χ3v) is 5.35. The number of nitrogens with zero attached hydrogens (tertiary/aromatic N) is 2. The Balaban J connectivity index is 1.74. The van der Waals surface area contributed by atoms with Gasteiger partial charge in [-0.25, -0.2) is 10.4 Å². The Labute approximate surface area is 160 Å². The number of aromatic nitrogens is 2. The average molecular weight is 384 g/mol. The monoisotopic (exact) mass is 384 g/mol. The highest BCUT2D eigenvalue weighted by atomic mass is 32.1. The highest BCUT2D eigenvalue weighted by Crippen LogP contribution is 2.25. The SMILES string of the molecule is COc1cccc(/C(C)=N\NC(=O)Cc2nc3sc(C)c(C)c3c(=O)[nH]2)c1. The second-order valence-electron chi connectivity index (χ2n) is 6.12. The lowest BCUT2D eigenvalue weighted by Crippen LogP contribution is -2.24. The molecular formula is C19H20N4O3S. The molecule has 1 amide bonds. The first-order valence-electron chi connectivity index (χ1n) is 8.35.